The zero-order valence-electron chi connectivity index (χ0n) is 11.7. The molecule has 1 aliphatic carbocycles. The quantitative estimate of drug-likeness (QED) is 0.818. The fraction of sp³-hybridized carbons (Fsp3) is 0.562. The Morgan fingerprint density at radius 2 is 1.95 bits per heavy atom. The van der Waals surface area contributed by atoms with Crippen LogP contribution in [-0.4, -0.2) is 12.5 Å². The second-order valence-electron chi connectivity index (χ2n) is 6.02. The van der Waals surface area contributed by atoms with Crippen molar-refractivity contribution in [3.63, 3.8) is 0 Å². The fourth-order valence-corrected chi connectivity index (χ4v) is 2.82. The van der Waals surface area contributed by atoms with Gasteiger partial charge in [-0.05, 0) is 29.9 Å². The summed E-state index contributed by atoms with van der Waals surface area (Å²) in [5.74, 6) is 0.0738. The standard InChI is InChI=1S/C16H24N2O/c1-16(9-5-2-6-10-16)12-18-15(19)11-13-7-3-4-8-14(13)17/h3-4,7-8H,2,5-6,9-12,17H2,1H3,(H,18,19). The van der Waals surface area contributed by atoms with Gasteiger partial charge in [0.2, 0.25) is 5.91 Å². The minimum absolute atomic E-state index is 0.0738. The van der Waals surface area contributed by atoms with E-state index in [1.54, 1.807) is 0 Å². The van der Waals surface area contributed by atoms with E-state index in [2.05, 4.69) is 12.2 Å². The Balaban J connectivity index is 1.83. The SMILES string of the molecule is CC1(CNC(=O)Cc2ccccc2N)CCCCC1. The highest BCUT2D eigenvalue weighted by Crippen LogP contribution is 2.34. The number of hydrogen-bond donors (Lipinski definition) is 2. The molecule has 104 valence electrons. The predicted octanol–water partition coefficient (Wildman–Crippen LogP) is 2.90. The number of para-hydroxylation sites is 1. The molecule has 1 amide bonds. The van der Waals surface area contributed by atoms with Crippen molar-refractivity contribution in [3.8, 4) is 0 Å². The van der Waals surface area contributed by atoms with E-state index < -0.39 is 0 Å². The van der Waals surface area contributed by atoms with E-state index in [-0.39, 0.29) is 11.3 Å². The number of hydrogen-bond acceptors (Lipinski definition) is 2. The van der Waals surface area contributed by atoms with E-state index in [9.17, 15) is 4.79 Å². The van der Waals surface area contributed by atoms with E-state index in [4.69, 9.17) is 5.73 Å². The molecule has 0 radical (unpaired) electrons. The number of nitrogen functional groups attached to an aromatic ring is 1. The number of amides is 1. The number of anilines is 1. The van der Waals surface area contributed by atoms with Crippen LogP contribution < -0.4 is 11.1 Å². The molecule has 3 N–H and O–H groups in total. The Kier molecular flexibility index (Phi) is 4.46. The summed E-state index contributed by atoms with van der Waals surface area (Å²) >= 11 is 0. The molecule has 0 saturated heterocycles. The molecule has 1 fully saturated rings. The Bertz CT molecular complexity index is 436. The molecule has 0 heterocycles. The van der Waals surface area contributed by atoms with Gasteiger partial charge in [-0.15, -0.1) is 0 Å². The third kappa shape index (κ3) is 3.98. The number of carbonyl (C=O) groups excluding carboxylic acids is 1. The first-order valence-corrected chi connectivity index (χ1v) is 7.19. The number of rotatable bonds is 4. The van der Waals surface area contributed by atoms with Crippen molar-refractivity contribution in [1.82, 2.24) is 5.32 Å². The Morgan fingerprint density at radius 3 is 2.63 bits per heavy atom. The van der Waals surface area contributed by atoms with Gasteiger partial charge >= 0.3 is 0 Å². The lowest BCUT2D eigenvalue weighted by Gasteiger charge is -2.33. The van der Waals surface area contributed by atoms with Crippen LogP contribution in [0.2, 0.25) is 0 Å². The van der Waals surface area contributed by atoms with E-state index in [1.807, 2.05) is 24.3 Å². The summed E-state index contributed by atoms with van der Waals surface area (Å²) in [4.78, 5) is 12.0. The van der Waals surface area contributed by atoms with Gasteiger partial charge in [-0.3, -0.25) is 4.79 Å². The van der Waals surface area contributed by atoms with E-state index >= 15 is 0 Å². The van der Waals surface area contributed by atoms with Gasteiger partial charge in [0.15, 0.2) is 0 Å². The molecule has 0 unspecified atom stereocenters. The molecule has 3 nitrogen and oxygen atoms in total. The molecule has 3 heteroatoms. The van der Waals surface area contributed by atoms with Gasteiger partial charge in [-0.1, -0.05) is 44.4 Å². The Hall–Kier alpha value is -1.51. The Labute approximate surface area is 115 Å². The molecule has 1 saturated carbocycles. The largest absolute Gasteiger partial charge is 0.398 e. The number of carbonyl (C=O) groups is 1. The first kappa shape index (κ1) is 13.9. The van der Waals surface area contributed by atoms with Gasteiger partial charge < -0.3 is 11.1 Å². The average Bonchev–Trinajstić information content (AvgIpc) is 2.40. The van der Waals surface area contributed by atoms with Crippen LogP contribution in [0.3, 0.4) is 0 Å². The third-order valence-electron chi connectivity index (χ3n) is 4.18. The number of nitrogens with two attached hydrogens (primary N) is 1. The fourth-order valence-electron chi connectivity index (χ4n) is 2.82. The zero-order valence-corrected chi connectivity index (χ0v) is 11.7. The maximum Gasteiger partial charge on any atom is 0.224 e. The summed E-state index contributed by atoms with van der Waals surface area (Å²) in [5.41, 5.74) is 7.75. The summed E-state index contributed by atoms with van der Waals surface area (Å²) < 4.78 is 0. The maximum absolute atomic E-state index is 12.0. The minimum Gasteiger partial charge on any atom is -0.398 e. The summed E-state index contributed by atoms with van der Waals surface area (Å²) in [6.45, 7) is 3.07. The van der Waals surface area contributed by atoms with Crippen LogP contribution >= 0.6 is 0 Å². The molecule has 1 aromatic rings. The van der Waals surface area contributed by atoms with Crippen molar-refractivity contribution in [2.75, 3.05) is 12.3 Å². The van der Waals surface area contributed by atoms with Gasteiger partial charge in [0.05, 0.1) is 6.42 Å². The third-order valence-corrected chi connectivity index (χ3v) is 4.18. The van der Waals surface area contributed by atoms with Crippen LogP contribution in [0.15, 0.2) is 24.3 Å². The average molecular weight is 260 g/mol. The van der Waals surface area contributed by atoms with E-state index in [1.165, 1.54) is 32.1 Å². The van der Waals surface area contributed by atoms with E-state index in [0.717, 1.165) is 12.1 Å². The van der Waals surface area contributed by atoms with Crippen LogP contribution in [0.5, 0.6) is 0 Å². The molecule has 0 atom stereocenters. The van der Waals surface area contributed by atoms with Crippen LogP contribution in [0, 0.1) is 5.41 Å². The maximum atomic E-state index is 12.0. The van der Waals surface area contributed by atoms with Crippen LogP contribution in [0.25, 0.3) is 0 Å². The number of benzene rings is 1. The molecule has 2 rings (SSSR count). The molecule has 0 aromatic heterocycles. The smallest absolute Gasteiger partial charge is 0.224 e. The predicted molar refractivity (Wildman–Crippen MR) is 78.8 cm³/mol. The molecule has 19 heavy (non-hydrogen) atoms. The van der Waals surface area contributed by atoms with Gasteiger partial charge in [0.1, 0.15) is 0 Å². The number of nitrogens with one attached hydrogen (secondary N) is 1. The van der Waals surface area contributed by atoms with E-state index in [0.29, 0.717) is 12.1 Å². The topological polar surface area (TPSA) is 55.1 Å². The summed E-state index contributed by atoms with van der Waals surface area (Å²) in [6.07, 6.45) is 6.74. The first-order valence-electron chi connectivity index (χ1n) is 7.19. The summed E-state index contributed by atoms with van der Waals surface area (Å²) in [7, 11) is 0. The van der Waals surface area contributed by atoms with Gasteiger partial charge in [0, 0.05) is 12.2 Å². The summed E-state index contributed by atoms with van der Waals surface area (Å²) in [5, 5.41) is 3.07. The van der Waals surface area contributed by atoms with Crippen LogP contribution in [0.1, 0.15) is 44.6 Å². The molecule has 0 aliphatic heterocycles. The molecule has 0 bridgehead atoms. The van der Waals surface area contributed by atoms with Crippen LogP contribution in [0.4, 0.5) is 5.69 Å². The van der Waals surface area contributed by atoms with Crippen molar-refractivity contribution in [2.24, 2.45) is 5.41 Å². The van der Waals surface area contributed by atoms with Crippen molar-refractivity contribution >= 4 is 11.6 Å². The monoisotopic (exact) mass is 260 g/mol. The van der Waals surface area contributed by atoms with Gasteiger partial charge in [-0.2, -0.15) is 0 Å². The zero-order chi connectivity index (χ0) is 13.7. The van der Waals surface area contributed by atoms with Gasteiger partial charge in [0.25, 0.3) is 0 Å². The molecule has 0 spiro atoms. The van der Waals surface area contributed by atoms with Crippen LogP contribution in [-0.2, 0) is 11.2 Å². The lowest BCUT2D eigenvalue weighted by atomic mass is 9.76. The first-order chi connectivity index (χ1) is 9.09. The second-order valence-corrected chi connectivity index (χ2v) is 6.02. The summed E-state index contributed by atoms with van der Waals surface area (Å²) in [6, 6.07) is 7.56. The Morgan fingerprint density at radius 1 is 1.26 bits per heavy atom. The minimum atomic E-state index is 0.0738. The normalized spacial score (nSPS) is 17.9. The van der Waals surface area contributed by atoms with Crippen molar-refractivity contribution in [3.05, 3.63) is 29.8 Å². The van der Waals surface area contributed by atoms with Crippen molar-refractivity contribution in [1.29, 1.82) is 0 Å². The van der Waals surface area contributed by atoms with Crippen molar-refractivity contribution < 1.29 is 4.79 Å². The van der Waals surface area contributed by atoms with Crippen molar-refractivity contribution in [2.45, 2.75) is 45.4 Å². The van der Waals surface area contributed by atoms with Gasteiger partial charge in [-0.25, -0.2) is 0 Å². The molecular weight excluding hydrogens is 236 g/mol. The molecule has 1 aromatic carbocycles. The molecule has 1 aliphatic rings. The highest BCUT2D eigenvalue weighted by molar-refractivity contribution is 5.80. The lowest BCUT2D eigenvalue weighted by molar-refractivity contribution is -0.121. The highest BCUT2D eigenvalue weighted by atomic mass is 16.1. The highest BCUT2D eigenvalue weighted by Gasteiger charge is 2.27. The lowest BCUT2D eigenvalue weighted by Crippen LogP contribution is -2.37. The second kappa shape index (κ2) is 6.09. The molecular formula is C16H24N2O.